The van der Waals surface area contributed by atoms with E-state index in [9.17, 15) is 13.2 Å². The highest BCUT2D eigenvalue weighted by Gasteiger charge is 2.60. The zero-order valence-electron chi connectivity index (χ0n) is 9.08. The zero-order chi connectivity index (χ0) is 11.2. The van der Waals surface area contributed by atoms with Gasteiger partial charge in [-0.25, -0.2) is 0 Å². The predicted octanol–water partition coefficient (Wildman–Crippen LogP) is 3.25. The van der Waals surface area contributed by atoms with E-state index in [1.54, 1.807) is 0 Å². The summed E-state index contributed by atoms with van der Waals surface area (Å²) >= 11 is 0. The molecule has 3 saturated carbocycles. The highest BCUT2D eigenvalue weighted by molar-refractivity contribution is 5.06. The topological polar surface area (TPSA) is 12.0 Å². The maximum Gasteiger partial charge on any atom is 0.394 e. The minimum atomic E-state index is -3.99. The molecule has 2 bridgehead atoms. The van der Waals surface area contributed by atoms with Crippen molar-refractivity contribution < 1.29 is 13.2 Å². The molecule has 0 aromatic rings. The molecule has 3 aliphatic carbocycles. The van der Waals surface area contributed by atoms with Crippen LogP contribution in [0.3, 0.4) is 0 Å². The van der Waals surface area contributed by atoms with Crippen LogP contribution < -0.4 is 5.32 Å². The van der Waals surface area contributed by atoms with Crippen LogP contribution in [0.5, 0.6) is 0 Å². The van der Waals surface area contributed by atoms with E-state index in [1.807, 2.05) is 6.92 Å². The van der Waals surface area contributed by atoms with Crippen LogP contribution in [-0.4, -0.2) is 18.3 Å². The largest absolute Gasteiger partial charge is 0.394 e. The lowest BCUT2D eigenvalue weighted by atomic mass is 9.57. The average Bonchev–Trinajstić information content (AvgIpc) is 2.19. The second-order valence-electron chi connectivity index (χ2n) is 5.09. The van der Waals surface area contributed by atoms with Crippen molar-refractivity contribution in [2.24, 2.45) is 5.41 Å². The van der Waals surface area contributed by atoms with Crippen molar-refractivity contribution in [2.75, 3.05) is 6.54 Å². The maximum atomic E-state index is 12.9. The van der Waals surface area contributed by atoms with E-state index in [0.29, 0.717) is 38.5 Å². The van der Waals surface area contributed by atoms with Gasteiger partial charge in [0.15, 0.2) is 0 Å². The summed E-state index contributed by atoms with van der Waals surface area (Å²) in [5.41, 5.74) is -1.31. The normalized spacial score (nSPS) is 40.8. The van der Waals surface area contributed by atoms with Gasteiger partial charge in [0.25, 0.3) is 0 Å². The van der Waals surface area contributed by atoms with Gasteiger partial charge in [0.2, 0.25) is 0 Å². The molecule has 0 aromatic carbocycles. The van der Waals surface area contributed by atoms with E-state index in [-0.39, 0.29) is 5.54 Å². The van der Waals surface area contributed by atoms with Crippen LogP contribution in [0.4, 0.5) is 13.2 Å². The van der Waals surface area contributed by atoms with Gasteiger partial charge in [-0.3, -0.25) is 0 Å². The molecule has 3 fully saturated rings. The predicted molar refractivity (Wildman–Crippen MR) is 52.6 cm³/mol. The third kappa shape index (κ3) is 1.67. The molecule has 1 nitrogen and oxygen atoms in total. The van der Waals surface area contributed by atoms with Crippen LogP contribution >= 0.6 is 0 Å². The van der Waals surface area contributed by atoms with E-state index in [4.69, 9.17) is 0 Å². The van der Waals surface area contributed by atoms with Crippen molar-refractivity contribution in [1.29, 1.82) is 0 Å². The lowest BCUT2D eigenvalue weighted by Crippen LogP contribution is -2.58. The zero-order valence-corrected chi connectivity index (χ0v) is 9.08. The van der Waals surface area contributed by atoms with Gasteiger partial charge < -0.3 is 5.32 Å². The molecule has 0 saturated heterocycles. The number of hydrogen-bond acceptors (Lipinski definition) is 1. The summed E-state index contributed by atoms with van der Waals surface area (Å²) in [4.78, 5) is 0. The molecule has 0 unspecified atom stereocenters. The van der Waals surface area contributed by atoms with Gasteiger partial charge in [-0.05, 0) is 45.1 Å². The minimum absolute atomic E-state index is 0.0295. The Morgan fingerprint density at radius 1 is 1.00 bits per heavy atom. The van der Waals surface area contributed by atoms with Gasteiger partial charge in [-0.1, -0.05) is 6.92 Å². The molecule has 0 heterocycles. The van der Waals surface area contributed by atoms with E-state index < -0.39 is 11.6 Å². The Morgan fingerprint density at radius 2 is 1.47 bits per heavy atom. The fourth-order valence-electron chi connectivity index (χ4n) is 3.25. The molecule has 3 aliphatic rings. The molecule has 0 spiro atoms. The van der Waals surface area contributed by atoms with Gasteiger partial charge >= 0.3 is 6.18 Å². The molecular formula is C11H18F3N. The van der Waals surface area contributed by atoms with E-state index >= 15 is 0 Å². The number of halogens is 3. The van der Waals surface area contributed by atoms with E-state index in [0.717, 1.165) is 6.54 Å². The Bertz CT molecular complexity index is 222. The lowest BCUT2D eigenvalue weighted by molar-refractivity contribution is -0.254. The summed E-state index contributed by atoms with van der Waals surface area (Å²) in [5.74, 6) is 0. The lowest BCUT2D eigenvalue weighted by Gasteiger charge is -2.54. The molecule has 0 radical (unpaired) electrons. The van der Waals surface area contributed by atoms with Gasteiger partial charge in [0.1, 0.15) is 0 Å². The first-order chi connectivity index (χ1) is 6.93. The van der Waals surface area contributed by atoms with Crippen LogP contribution in [0.25, 0.3) is 0 Å². The molecule has 0 amide bonds. The summed E-state index contributed by atoms with van der Waals surface area (Å²) in [5, 5.41) is 3.39. The summed E-state index contributed by atoms with van der Waals surface area (Å²) in [6, 6.07) is 0. The second-order valence-corrected chi connectivity index (χ2v) is 5.09. The molecular weight excluding hydrogens is 203 g/mol. The van der Waals surface area contributed by atoms with Crippen molar-refractivity contribution in [3.8, 4) is 0 Å². The van der Waals surface area contributed by atoms with Gasteiger partial charge in [0.05, 0.1) is 5.41 Å². The van der Waals surface area contributed by atoms with Crippen LogP contribution in [0.2, 0.25) is 0 Å². The molecule has 0 aliphatic heterocycles. The maximum absolute atomic E-state index is 12.9. The van der Waals surface area contributed by atoms with E-state index in [1.165, 1.54) is 0 Å². The fraction of sp³-hybridized carbons (Fsp3) is 1.00. The first-order valence-corrected chi connectivity index (χ1v) is 5.75. The minimum Gasteiger partial charge on any atom is -0.312 e. The quantitative estimate of drug-likeness (QED) is 0.754. The second kappa shape index (κ2) is 3.37. The molecule has 0 atom stereocenters. The van der Waals surface area contributed by atoms with Crippen molar-refractivity contribution in [3.05, 3.63) is 0 Å². The fourth-order valence-corrected chi connectivity index (χ4v) is 3.25. The Balaban J connectivity index is 2.11. The molecule has 15 heavy (non-hydrogen) atoms. The Morgan fingerprint density at radius 3 is 1.80 bits per heavy atom. The van der Waals surface area contributed by atoms with Crippen molar-refractivity contribution >= 4 is 0 Å². The van der Waals surface area contributed by atoms with Crippen LogP contribution in [-0.2, 0) is 0 Å². The Kier molecular flexibility index (Phi) is 2.53. The van der Waals surface area contributed by atoms with E-state index in [2.05, 4.69) is 5.32 Å². The van der Waals surface area contributed by atoms with Gasteiger partial charge in [-0.2, -0.15) is 13.2 Å². The molecule has 88 valence electrons. The van der Waals surface area contributed by atoms with Crippen molar-refractivity contribution in [3.63, 3.8) is 0 Å². The van der Waals surface area contributed by atoms with Crippen LogP contribution in [0, 0.1) is 5.41 Å². The Labute approximate surface area is 88.4 Å². The summed E-state index contributed by atoms with van der Waals surface area (Å²) in [6.45, 7) is 2.88. The molecule has 0 aromatic heterocycles. The highest BCUT2D eigenvalue weighted by Crippen LogP contribution is 2.59. The first-order valence-electron chi connectivity index (χ1n) is 5.75. The Hall–Kier alpha value is -0.250. The van der Waals surface area contributed by atoms with Crippen molar-refractivity contribution in [1.82, 2.24) is 5.32 Å². The van der Waals surface area contributed by atoms with Crippen LogP contribution in [0.1, 0.15) is 45.4 Å². The average molecular weight is 221 g/mol. The van der Waals surface area contributed by atoms with Gasteiger partial charge in [0, 0.05) is 5.54 Å². The number of alkyl halides is 3. The first kappa shape index (κ1) is 11.2. The number of rotatable bonds is 2. The van der Waals surface area contributed by atoms with Gasteiger partial charge in [-0.15, -0.1) is 0 Å². The summed E-state index contributed by atoms with van der Waals surface area (Å²) in [6.07, 6.45) is -0.941. The standard InChI is InChI=1S/C11H18F3N/c1-2-15-10-6-3-9(4-7-10,5-8-10)11(12,13)14/h15H,2-8H2,1H3. The third-order valence-corrected chi connectivity index (χ3v) is 4.40. The summed E-state index contributed by atoms with van der Waals surface area (Å²) in [7, 11) is 0. The van der Waals surface area contributed by atoms with Crippen molar-refractivity contribution in [2.45, 2.75) is 57.2 Å². The van der Waals surface area contributed by atoms with Crippen LogP contribution in [0.15, 0.2) is 0 Å². The molecule has 4 heteroatoms. The molecule has 3 rings (SSSR count). The monoisotopic (exact) mass is 221 g/mol. The summed E-state index contributed by atoms with van der Waals surface area (Å²) < 4.78 is 38.7. The highest BCUT2D eigenvalue weighted by atomic mass is 19.4. The number of nitrogens with one attached hydrogen (secondary N) is 1. The number of hydrogen-bond donors (Lipinski definition) is 1. The SMILES string of the molecule is CCNC12CCC(C(F)(F)F)(CC1)CC2. The number of fused-ring (bicyclic) bond motifs is 3. The third-order valence-electron chi connectivity index (χ3n) is 4.40. The smallest absolute Gasteiger partial charge is 0.312 e. The molecule has 1 N–H and O–H groups in total.